The molecule has 5 nitrogen and oxygen atoms in total. The number of anilines is 1. The maximum absolute atomic E-state index is 12.6. The molecule has 0 aromatic heterocycles. The number of hydrogen-bond donors (Lipinski definition) is 2. The monoisotopic (exact) mass is 342 g/mol. The van der Waals surface area contributed by atoms with Gasteiger partial charge in [-0.3, -0.25) is 9.59 Å². The molecular formula is C21H16N3O2. The first-order valence-corrected chi connectivity index (χ1v) is 8.10. The molecule has 3 aromatic carbocycles. The Balaban J connectivity index is 1.76. The van der Waals surface area contributed by atoms with Gasteiger partial charge in [0.25, 0.3) is 5.91 Å². The molecule has 26 heavy (non-hydrogen) atoms. The molecule has 0 fully saturated rings. The highest BCUT2D eigenvalue weighted by Gasteiger charge is 2.10. The molecule has 3 rings (SSSR count). The third-order valence-corrected chi connectivity index (χ3v) is 4.03. The summed E-state index contributed by atoms with van der Waals surface area (Å²) in [5.41, 5.74) is 2.90. The summed E-state index contributed by atoms with van der Waals surface area (Å²) in [4.78, 5) is 22.9. The highest BCUT2D eigenvalue weighted by Crippen LogP contribution is 2.22. The fourth-order valence-electron chi connectivity index (χ4n) is 2.70. The highest BCUT2D eigenvalue weighted by molar-refractivity contribution is 6.07. The van der Waals surface area contributed by atoms with Crippen molar-refractivity contribution in [2.24, 2.45) is 0 Å². The fourth-order valence-corrected chi connectivity index (χ4v) is 2.70. The second kappa shape index (κ2) is 7.95. The number of hydrogen-bond acceptors (Lipinski definition) is 4. The van der Waals surface area contributed by atoms with Crippen LogP contribution in [0.4, 0.5) is 5.69 Å². The van der Waals surface area contributed by atoms with Crippen molar-refractivity contribution < 1.29 is 9.59 Å². The maximum Gasteiger partial charge on any atom is 0.252 e. The van der Waals surface area contributed by atoms with Crippen LogP contribution in [0, 0.1) is 11.3 Å². The van der Waals surface area contributed by atoms with E-state index < -0.39 is 0 Å². The smallest absolute Gasteiger partial charge is 0.252 e. The lowest BCUT2D eigenvalue weighted by molar-refractivity contribution is 0.0952. The molecule has 0 aliphatic rings. The lowest BCUT2D eigenvalue weighted by atomic mass is 10.0. The number of nitrogens with one attached hydrogen (secondary N) is 2. The molecule has 0 aliphatic heterocycles. The Kier molecular flexibility index (Phi) is 5.25. The molecule has 3 aromatic rings. The van der Waals surface area contributed by atoms with E-state index in [4.69, 9.17) is 5.26 Å². The van der Waals surface area contributed by atoms with Gasteiger partial charge < -0.3 is 10.6 Å². The molecule has 2 N–H and O–H groups in total. The molecule has 0 atom stereocenters. The Labute approximate surface area is 151 Å². The molecule has 0 unspecified atom stereocenters. The third kappa shape index (κ3) is 3.87. The Morgan fingerprint density at radius 3 is 2.58 bits per heavy atom. The van der Waals surface area contributed by atoms with Crippen molar-refractivity contribution >= 4 is 28.7 Å². The average Bonchev–Trinajstić information content (AvgIpc) is 2.70. The predicted molar refractivity (Wildman–Crippen MR) is 100 cm³/mol. The van der Waals surface area contributed by atoms with Crippen LogP contribution in [0.1, 0.15) is 21.5 Å². The largest absolute Gasteiger partial charge is 0.377 e. The number of benzene rings is 3. The van der Waals surface area contributed by atoms with E-state index in [1.54, 1.807) is 24.5 Å². The predicted octanol–water partition coefficient (Wildman–Crippen LogP) is 3.16. The minimum absolute atomic E-state index is 0.121. The van der Waals surface area contributed by atoms with Crippen molar-refractivity contribution in [2.45, 2.75) is 6.54 Å². The summed E-state index contributed by atoms with van der Waals surface area (Å²) >= 11 is 0. The summed E-state index contributed by atoms with van der Waals surface area (Å²) in [6.45, 7) is 0.506. The molecule has 5 heteroatoms. The minimum Gasteiger partial charge on any atom is -0.377 e. The van der Waals surface area contributed by atoms with E-state index in [0.717, 1.165) is 22.0 Å². The molecular weight excluding hydrogens is 326 g/mol. The van der Waals surface area contributed by atoms with Crippen LogP contribution in [0.2, 0.25) is 0 Å². The van der Waals surface area contributed by atoms with Gasteiger partial charge in [0.2, 0.25) is 6.29 Å². The molecule has 1 radical (unpaired) electrons. The first-order valence-electron chi connectivity index (χ1n) is 8.10. The molecule has 0 heterocycles. The SMILES string of the molecule is N#Cc1ccc(CNC(=O)c2cccc3cc(NC[C]=O)ccc23)cc1. The van der Waals surface area contributed by atoms with Crippen molar-refractivity contribution in [2.75, 3.05) is 11.9 Å². The molecule has 0 bridgehead atoms. The summed E-state index contributed by atoms with van der Waals surface area (Å²) in [7, 11) is 0. The first kappa shape index (κ1) is 17.2. The average molecular weight is 342 g/mol. The zero-order chi connectivity index (χ0) is 18.4. The topological polar surface area (TPSA) is 82.0 Å². The van der Waals surface area contributed by atoms with Crippen molar-refractivity contribution in [3.05, 3.63) is 77.4 Å². The summed E-state index contributed by atoms with van der Waals surface area (Å²) in [5.74, 6) is -0.165. The standard InChI is InChI=1S/C21H16N3O2/c22-13-15-4-6-16(7-5-15)14-24-21(26)20-3-1-2-17-12-18(23-10-11-25)8-9-19(17)20/h1-9,12,23H,10,14H2,(H,24,26). The van der Waals surface area contributed by atoms with Crippen molar-refractivity contribution in [1.82, 2.24) is 5.32 Å². The van der Waals surface area contributed by atoms with Gasteiger partial charge in [-0.25, -0.2) is 0 Å². The maximum atomic E-state index is 12.6. The zero-order valence-corrected chi connectivity index (χ0v) is 14.0. The van der Waals surface area contributed by atoms with Gasteiger partial charge in [0.05, 0.1) is 18.2 Å². The van der Waals surface area contributed by atoms with Crippen molar-refractivity contribution in [1.29, 1.82) is 5.26 Å². The Morgan fingerprint density at radius 2 is 1.85 bits per heavy atom. The molecule has 127 valence electrons. The van der Waals surface area contributed by atoms with Gasteiger partial charge in [-0.05, 0) is 46.7 Å². The number of nitriles is 1. The van der Waals surface area contributed by atoms with Crippen molar-refractivity contribution in [3.63, 3.8) is 0 Å². The Bertz CT molecular complexity index is 988. The van der Waals surface area contributed by atoms with Crippen LogP contribution in [0.5, 0.6) is 0 Å². The lowest BCUT2D eigenvalue weighted by Gasteiger charge is -2.10. The summed E-state index contributed by atoms with van der Waals surface area (Å²) < 4.78 is 0. The quantitative estimate of drug-likeness (QED) is 0.721. The molecule has 0 aliphatic carbocycles. The van der Waals surface area contributed by atoms with E-state index in [0.29, 0.717) is 17.7 Å². The molecule has 1 amide bonds. The van der Waals surface area contributed by atoms with Gasteiger partial charge in [-0.15, -0.1) is 0 Å². The van der Waals surface area contributed by atoms with E-state index >= 15 is 0 Å². The summed E-state index contributed by atoms with van der Waals surface area (Å²) in [6, 6.07) is 20.3. The van der Waals surface area contributed by atoms with E-state index in [-0.39, 0.29) is 12.5 Å². The number of nitrogens with zero attached hydrogens (tertiary/aromatic N) is 1. The fraction of sp³-hybridized carbons (Fsp3) is 0.0952. The van der Waals surface area contributed by atoms with Gasteiger partial charge in [-0.2, -0.15) is 5.26 Å². The number of rotatable bonds is 6. The molecule has 0 spiro atoms. The number of carbonyl (C=O) groups excluding carboxylic acids is 2. The van der Waals surface area contributed by atoms with Crippen molar-refractivity contribution in [3.8, 4) is 6.07 Å². The van der Waals surface area contributed by atoms with Crippen LogP contribution in [-0.4, -0.2) is 18.7 Å². The van der Waals surface area contributed by atoms with E-state index in [2.05, 4.69) is 16.7 Å². The van der Waals surface area contributed by atoms with Gasteiger partial charge in [0, 0.05) is 17.8 Å². The van der Waals surface area contributed by atoms with E-state index in [1.807, 2.05) is 42.5 Å². The van der Waals surface area contributed by atoms with Crippen LogP contribution in [-0.2, 0) is 11.3 Å². The second-order valence-electron chi connectivity index (χ2n) is 5.73. The van der Waals surface area contributed by atoms with Crippen LogP contribution in [0.25, 0.3) is 10.8 Å². The van der Waals surface area contributed by atoms with Crippen LogP contribution in [0.15, 0.2) is 60.7 Å². The van der Waals surface area contributed by atoms with Gasteiger partial charge in [0.1, 0.15) is 0 Å². The summed E-state index contributed by atoms with van der Waals surface area (Å²) in [6.07, 6.45) is 1.79. The zero-order valence-electron chi connectivity index (χ0n) is 14.0. The minimum atomic E-state index is -0.165. The van der Waals surface area contributed by atoms with Crippen LogP contribution in [0.3, 0.4) is 0 Å². The number of amides is 1. The van der Waals surface area contributed by atoms with Gasteiger partial charge in [-0.1, -0.05) is 30.3 Å². The number of carbonyl (C=O) groups is 1. The van der Waals surface area contributed by atoms with Crippen LogP contribution < -0.4 is 10.6 Å². The van der Waals surface area contributed by atoms with E-state index in [9.17, 15) is 9.59 Å². The summed E-state index contributed by atoms with van der Waals surface area (Å²) in [5, 5.41) is 16.4. The van der Waals surface area contributed by atoms with Gasteiger partial charge >= 0.3 is 0 Å². The normalized spacial score (nSPS) is 10.1. The third-order valence-electron chi connectivity index (χ3n) is 4.03. The number of fused-ring (bicyclic) bond motifs is 1. The van der Waals surface area contributed by atoms with Gasteiger partial charge in [0.15, 0.2) is 0 Å². The van der Waals surface area contributed by atoms with Crippen LogP contribution >= 0.6 is 0 Å². The Hall–Kier alpha value is -3.65. The first-order chi connectivity index (χ1) is 12.7. The second-order valence-corrected chi connectivity index (χ2v) is 5.73. The molecule has 0 saturated heterocycles. The highest BCUT2D eigenvalue weighted by atomic mass is 16.1. The van der Waals surface area contributed by atoms with E-state index in [1.165, 1.54) is 0 Å². The molecule has 0 saturated carbocycles. The Morgan fingerprint density at radius 1 is 1.04 bits per heavy atom. The lowest BCUT2D eigenvalue weighted by Crippen LogP contribution is -2.23.